The third-order valence-electron chi connectivity index (χ3n) is 5.17. The van der Waals surface area contributed by atoms with Gasteiger partial charge in [0.2, 0.25) is 0 Å². The summed E-state index contributed by atoms with van der Waals surface area (Å²) in [6, 6.07) is 17.1. The van der Waals surface area contributed by atoms with Crippen LogP contribution in [0.3, 0.4) is 0 Å². The second kappa shape index (κ2) is 6.69. The van der Waals surface area contributed by atoms with Crippen molar-refractivity contribution >= 4 is 27.5 Å². The zero-order valence-corrected chi connectivity index (χ0v) is 15.3. The van der Waals surface area contributed by atoms with Crippen molar-refractivity contribution in [2.45, 2.75) is 25.8 Å². The van der Waals surface area contributed by atoms with Gasteiger partial charge in [0.25, 0.3) is 0 Å². The summed E-state index contributed by atoms with van der Waals surface area (Å²) >= 11 is 3.55. The molecule has 2 aliphatic rings. The molecule has 0 bridgehead atoms. The number of anilines is 1. The Labute approximate surface area is 151 Å². The standard InChI is InChI=1S/C20H22BrN3/c21-17-6-3-4-15(12-17)14-23-19-20(8-10-22-11-9-20)13-16-5-1-2-7-18(16)24-19/h1-7,12,22H,8-11,13-14H2,(H,23,24). The van der Waals surface area contributed by atoms with E-state index in [9.17, 15) is 0 Å². The number of nitrogens with one attached hydrogen (secondary N) is 2. The minimum Gasteiger partial charge on any atom is -0.343 e. The quantitative estimate of drug-likeness (QED) is 0.806. The topological polar surface area (TPSA) is 36.4 Å². The monoisotopic (exact) mass is 383 g/mol. The van der Waals surface area contributed by atoms with E-state index in [1.54, 1.807) is 0 Å². The number of fused-ring (bicyclic) bond motifs is 1. The van der Waals surface area contributed by atoms with Gasteiger partial charge in [-0.2, -0.15) is 0 Å². The van der Waals surface area contributed by atoms with E-state index in [2.05, 4.69) is 75.1 Å². The molecule has 0 aromatic heterocycles. The number of halogens is 1. The van der Waals surface area contributed by atoms with Crippen molar-refractivity contribution < 1.29 is 0 Å². The van der Waals surface area contributed by atoms with E-state index >= 15 is 0 Å². The van der Waals surface area contributed by atoms with E-state index in [0.29, 0.717) is 0 Å². The molecule has 24 heavy (non-hydrogen) atoms. The van der Waals surface area contributed by atoms with Crippen LogP contribution in [-0.2, 0) is 13.0 Å². The molecule has 3 nitrogen and oxygen atoms in total. The smallest absolute Gasteiger partial charge is 0.108 e. The number of rotatable bonds is 2. The first-order chi connectivity index (χ1) is 11.8. The Morgan fingerprint density at radius 3 is 2.71 bits per heavy atom. The van der Waals surface area contributed by atoms with Gasteiger partial charge < -0.3 is 10.6 Å². The molecule has 0 aliphatic carbocycles. The predicted molar refractivity (Wildman–Crippen MR) is 104 cm³/mol. The van der Waals surface area contributed by atoms with Crippen molar-refractivity contribution in [3.05, 3.63) is 64.1 Å². The molecule has 0 amide bonds. The molecule has 4 heteroatoms. The molecule has 0 saturated carbocycles. The van der Waals surface area contributed by atoms with Crippen molar-refractivity contribution in [1.82, 2.24) is 5.32 Å². The van der Waals surface area contributed by atoms with Crippen LogP contribution in [0.15, 0.2) is 58.0 Å². The minimum absolute atomic E-state index is 0.158. The van der Waals surface area contributed by atoms with Crippen molar-refractivity contribution in [3.8, 4) is 0 Å². The van der Waals surface area contributed by atoms with Gasteiger partial charge in [-0.25, -0.2) is 0 Å². The molecule has 0 radical (unpaired) electrons. The zero-order valence-electron chi connectivity index (χ0n) is 13.7. The molecular weight excluding hydrogens is 362 g/mol. The Balaban J connectivity index is 1.66. The van der Waals surface area contributed by atoms with Gasteiger partial charge in [-0.05, 0) is 61.7 Å². The van der Waals surface area contributed by atoms with Gasteiger partial charge in [0.05, 0.1) is 6.54 Å². The molecular formula is C20H22BrN3. The van der Waals surface area contributed by atoms with E-state index in [0.717, 1.165) is 43.4 Å². The molecule has 0 unspecified atom stereocenters. The molecule has 2 heterocycles. The van der Waals surface area contributed by atoms with Crippen molar-refractivity contribution in [2.75, 3.05) is 18.4 Å². The SMILES string of the molecule is Brc1cccc(CN=C2Nc3ccccc3CC23CCNCC3)c1. The number of hydrogen-bond donors (Lipinski definition) is 2. The normalized spacial score (nSPS) is 20.6. The van der Waals surface area contributed by atoms with Gasteiger partial charge in [0.15, 0.2) is 0 Å². The molecule has 4 rings (SSSR count). The molecule has 1 fully saturated rings. The fourth-order valence-corrected chi connectivity index (χ4v) is 4.28. The Bertz CT molecular complexity index is 763. The van der Waals surface area contributed by atoms with Crippen molar-refractivity contribution in [1.29, 1.82) is 0 Å². The van der Waals surface area contributed by atoms with E-state index in [-0.39, 0.29) is 5.41 Å². The third-order valence-corrected chi connectivity index (χ3v) is 5.66. The number of hydrogen-bond acceptors (Lipinski definition) is 2. The van der Waals surface area contributed by atoms with E-state index in [4.69, 9.17) is 4.99 Å². The maximum atomic E-state index is 5.03. The fourth-order valence-electron chi connectivity index (χ4n) is 3.84. The largest absolute Gasteiger partial charge is 0.343 e. The van der Waals surface area contributed by atoms with Gasteiger partial charge in [0.1, 0.15) is 5.84 Å². The predicted octanol–water partition coefficient (Wildman–Crippen LogP) is 4.39. The van der Waals surface area contributed by atoms with Gasteiger partial charge in [-0.3, -0.25) is 4.99 Å². The summed E-state index contributed by atoms with van der Waals surface area (Å²) in [5.74, 6) is 1.17. The highest BCUT2D eigenvalue weighted by Crippen LogP contribution is 2.40. The Morgan fingerprint density at radius 1 is 1.04 bits per heavy atom. The summed E-state index contributed by atoms with van der Waals surface area (Å²) in [7, 11) is 0. The highest BCUT2D eigenvalue weighted by Gasteiger charge is 2.40. The molecule has 1 spiro atoms. The van der Waals surface area contributed by atoms with Crippen LogP contribution in [0.25, 0.3) is 0 Å². The number of aliphatic imine (C=N–C) groups is 1. The summed E-state index contributed by atoms with van der Waals surface area (Å²) in [6.07, 6.45) is 3.38. The van der Waals surface area contributed by atoms with Crippen molar-refractivity contribution in [2.24, 2.45) is 10.4 Å². The van der Waals surface area contributed by atoms with Crippen LogP contribution in [0.4, 0.5) is 5.69 Å². The van der Waals surface area contributed by atoms with E-state index in [1.807, 2.05) is 0 Å². The van der Waals surface area contributed by atoms with Crippen LogP contribution in [0, 0.1) is 5.41 Å². The van der Waals surface area contributed by atoms with E-state index in [1.165, 1.54) is 22.6 Å². The number of amidine groups is 1. The Hall–Kier alpha value is -1.65. The summed E-state index contributed by atoms with van der Waals surface area (Å²) < 4.78 is 1.11. The number of para-hydroxylation sites is 1. The molecule has 1 saturated heterocycles. The van der Waals surface area contributed by atoms with Gasteiger partial charge in [-0.15, -0.1) is 0 Å². The lowest BCUT2D eigenvalue weighted by atomic mass is 9.71. The summed E-state index contributed by atoms with van der Waals surface area (Å²) in [5, 5.41) is 7.15. The average molecular weight is 384 g/mol. The summed E-state index contributed by atoms with van der Waals surface area (Å²) in [6.45, 7) is 2.86. The molecule has 2 aromatic rings. The first-order valence-corrected chi connectivity index (χ1v) is 9.40. The second-order valence-electron chi connectivity index (χ2n) is 6.78. The first kappa shape index (κ1) is 15.9. The maximum absolute atomic E-state index is 5.03. The lowest BCUT2D eigenvalue weighted by Gasteiger charge is -2.42. The molecule has 2 N–H and O–H groups in total. The summed E-state index contributed by atoms with van der Waals surface area (Å²) in [5.41, 5.74) is 4.03. The number of benzene rings is 2. The molecule has 124 valence electrons. The highest BCUT2D eigenvalue weighted by molar-refractivity contribution is 9.10. The van der Waals surface area contributed by atoms with Crippen LogP contribution in [0.5, 0.6) is 0 Å². The second-order valence-corrected chi connectivity index (χ2v) is 7.70. The summed E-state index contributed by atoms with van der Waals surface area (Å²) in [4.78, 5) is 5.03. The lowest BCUT2D eigenvalue weighted by Crippen LogP contribution is -2.48. The molecule has 2 aromatic carbocycles. The number of piperidine rings is 1. The Morgan fingerprint density at radius 2 is 1.88 bits per heavy atom. The maximum Gasteiger partial charge on any atom is 0.108 e. The third kappa shape index (κ3) is 3.13. The van der Waals surface area contributed by atoms with Crippen molar-refractivity contribution in [3.63, 3.8) is 0 Å². The fraction of sp³-hybridized carbons (Fsp3) is 0.350. The average Bonchev–Trinajstić information content (AvgIpc) is 2.61. The lowest BCUT2D eigenvalue weighted by molar-refractivity contribution is 0.293. The van der Waals surface area contributed by atoms with Crippen LogP contribution < -0.4 is 10.6 Å². The zero-order chi connectivity index (χ0) is 16.4. The van der Waals surface area contributed by atoms with Gasteiger partial charge in [0, 0.05) is 15.6 Å². The molecule has 0 atom stereocenters. The van der Waals surface area contributed by atoms with Crippen LogP contribution in [0.1, 0.15) is 24.0 Å². The first-order valence-electron chi connectivity index (χ1n) is 8.60. The van der Waals surface area contributed by atoms with Gasteiger partial charge >= 0.3 is 0 Å². The number of nitrogens with zero attached hydrogens (tertiary/aromatic N) is 1. The minimum atomic E-state index is 0.158. The van der Waals surface area contributed by atoms with Gasteiger partial charge in [-0.1, -0.05) is 46.3 Å². The molecule has 2 aliphatic heterocycles. The van der Waals surface area contributed by atoms with Crippen LogP contribution >= 0.6 is 15.9 Å². The van der Waals surface area contributed by atoms with E-state index < -0.39 is 0 Å². The van der Waals surface area contributed by atoms with Crippen LogP contribution in [0.2, 0.25) is 0 Å². The van der Waals surface area contributed by atoms with Crippen LogP contribution in [-0.4, -0.2) is 18.9 Å². The Kier molecular flexibility index (Phi) is 4.42. The highest BCUT2D eigenvalue weighted by atomic mass is 79.9.